The van der Waals surface area contributed by atoms with Gasteiger partial charge in [0.15, 0.2) is 5.82 Å². The molecule has 4 aromatic rings. The van der Waals surface area contributed by atoms with Crippen LogP contribution in [0.15, 0.2) is 42.6 Å². The highest BCUT2D eigenvalue weighted by molar-refractivity contribution is 6.08. The number of hydrogen-bond donors (Lipinski definition) is 2. The number of fused-ring (bicyclic) bond motifs is 1. The molecule has 2 aromatic carbocycles. The molecule has 0 spiro atoms. The molecule has 1 aliphatic heterocycles. The van der Waals surface area contributed by atoms with Crippen LogP contribution in [0.3, 0.4) is 0 Å². The zero-order valence-corrected chi connectivity index (χ0v) is 22.3. The SMILES string of the molecule is COCCn1c(C)nc2c(N3CCC[C@H]3CN)c(NC(=O)c3ccnc(-c4c(F)cccc4OC)n3)ccc21. The van der Waals surface area contributed by atoms with Crippen molar-refractivity contribution in [3.05, 3.63) is 59.9 Å². The van der Waals surface area contributed by atoms with Gasteiger partial charge in [-0.1, -0.05) is 6.07 Å². The van der Waals surface area contributed by atoms with Gasteiger partial charge in [0.05, 0.1) is 36.2 Å². The van der Waals surface area contributed by atoms with E-state index >= 15 is 0 Å². The Morgan fingerprint density at radius 1 is 1.21 bits per heavy atom. The molecule has 1 aliphatic rings. The first kappa shape index (κ1) is 26.5. The Hall–Kier alpha value is -4.09. The van der Waals surface area contributed by atoms with Gasteiger partial charge in [-0.2, -0.15) is 0 Å². The van der Waals surface area contributed by atoms with Crippen LogP contribution in [0.1, 0.15) is 29.2 Å². The maximum Gasteiger partial charge on any atom is 0.274 e. The Labute approximate surface area is 226 Å². The summed E-state index contributed by atoms with van der Waals surface area (Å²) in [6.45, 7) is 4.47. The Morgan fingerprint density at radius 3 is 2.82 bits per heavy atom. The third-order valence-corrected chi connectivity index (χ3v) is 7.10. The quantitative estimate of drug-likeness (QED) is 0.334. The van der Waals surface area contributed by atoms with E-state index in [1.54, 1.807) is 13.2 Å². The third kappa shape index (κ3) is 5.02. The number of hydrogen-bond acceptors (Lipinski definition) is 8. The second kappa shape index (κ2) is 11.3. The first-order chi connectivity index (χ1) is 19.0. The zero-order valence-electron chi connectivity index (χ0n) is 22.3. The number of imidazole rings is 1. The van der Waals surface area contributed by atoms with Crippen molar-refractivity contribution in [3.63, 3.8) is 0 Å². The number of nitrogens with zero attached hydrogens (tertiary/aromatic N) is 5. The minimum Gasteiger partial charge on any atom is -0.496 e. The van der Waals surface area contributed by atoms with E-state index in [9.17, 15) is 9.18 Å². The number of anilines is 2. The van der Waals surface area contributed by atoms with Crippen LogP contribution in [-0.2, 0) is 11.3 Å². The smallest absolute Gasteiger partial charge is 0.274 e. The summed E-state index contributed by atoms with van der Waals surface area (Å²) in [5.41, 5.74) is 9.50. The van der Waals surface area contributed by atoms with E-state index in [-0.39, 0.29) is 28.9 Å². The molecule has 1 amide bonds. The van der Waals surface area contributed by atoms with E-state index in [0.717, 1.165) is 41.9 Å². The molecule has 1 atom stereocenters. The van der Waals surface area contributed by atoms with Gasteiger partial charge in [0.1, 0.15) is 28.6 Å². The van der Waals surface area contributed by atoms with Crippen LogP contribution in [0, 0.1) is 12.7 Å². The lowest BCUT2D eigenvalue weighted by atomic mass is 10.1. The van der Waals surface area contributed by atoms with Gasteiger partial charge in [-0.3, -0.25) is 4.79 Å². The van der Waals surface area contributed by atoms with E-state index in [0.29, 0.717) is 25.4 Å². The second-order valence-corrected chi connectivity index (χ2v) is 9.39. The maximum atomic E-state index is 14.7. The van der Waals surface area contributed by atoms with Gasteiger partial charge in [0, 0.05) is 39.0 Å². The van der Waals surface area contributed by atoms with Crippen LogP contribution in [0.5, 0.6) is 5.75 Å². The molecule has 11 heteroatoms. The van der Waals surface area contributed by atoms with E-state index in [1.807, 2.05) is 19.1 Å². The van der Waals surface area contributed by atoms with Crippen LogP contribution in [0.4, 0.5) is 15.8 Å². The number of nitrogens with two attached hydrogens (primary N) is 1. The molecular formula is C28H32FN7O3. The number of aromatic nitrogens is 4. The highest BCUT2D eigenvalue weighted by atomic mass is 19.1. The minimum absolute atomic E-state index is 0.0588. The minimum atomic E-state index is -0.541. The summed E-state index contributed by atoms with van der Waals surface area (Å²) in [5, 5.41) is 3.02. The standard InChI is InChI=1S/C28H32FN7O3/c1-17-32-25-22(35(17)14-15-38-2)10-9-20(26(25)36-13-5-6-18(36)16-30)34-28(37)21-11-12-31-27(33-21)24-19(29)7-4-8-23(24)39-3/h4,7-12,18H,5-6,13-16,30H2,1-3H3,(H,34,37)/t18-/m0/s1. The average molecular weight is 534 g/mol. The number of benzene rings is 2. The van der Waals surface area contributed by atoms with Crippen LogP contribution >= 0.6 is 0 Å². The summed E-state index contributed by atoms with van der Waals surface area (Å²) in [7, 11) is 3.11. The fraction of sp³-hybridized carbons (Fsp3) is 0.357. The van der Waals surface area contributed by atoms with Crippen molar-refractivity contribution < 1.29 is 18.7 Å². The molecule has 2 aromatic heterocycles. The van der Waals surface area contributed by atoms with Gasteiger partial charge < -0.3 is 30.0 Å². The number of halogens is 1. The molecule has 10 nitrogen and oxygen atoms in total. The molecule has 0 radical (unpaired) electrons. The molecule has 0 unspecified atom stereocenters. The summed E-state index contributed by atoms with van der Waals surface area (Å²) >= 11 is 0. The fourth-order valence-electron chi connectivity index (χ4n) is 5.21. The number of rotatable bonds is 9. The number of nitrogens with one attached hydrogen (secondary N) is 1. The topological polar surface area (TPSA) is 120 Å². The summed E-state index contributed by atoms with van der Waals surface area (Å²) in [4.78, 5) is 29.2. The largest absolute Gasteiger partial charge is 0.496 e. The summed E-state index contributed by atoms with van der Waals surface area (Å²) in [6, 6.07) is 9.92. The Kier molecular flexibility index (Phi) is 7.71. The number of amides is 1. The summed E-state index contributed by atoms with van der Waals surface area (Å²) in [6.07, 6.45) is 3.39. The van der Waals surface area contributed by atoms with Gasteiger partial charge >= 0.3 is 0 Å². The van der Waals surface area contributed by atoms with Crippen LogP contribution in [-0.4, -0.2) is 65.4 Å². The van der Waals surface area contributed by atoms with Gasteiger partial charge in [-0.15, -0.1) is 0 Å². The molecule has 0 bridgehead atoms. The number of aryl methyl sites for hydroxylation is 1. The highest BCUT2D eigenvalue weighted by Gasteiger charge is 2.29. The molecule has 5 rings (SSSR count). The van der Waals surface area contributed by atoms with Crippen molar-refractivity contribution in [1.29, 1.82) is 0 Å². The molecule has 204 valence electrons. The van der Waals surface area contributed by atoms with E-state index < -0.39 is 11.7 Å². The first-order valence-electron chi connectivity index (χ1n) is 12.9. The predicted octanol–water partition coefficient (Wildman–Crippen LogP) is 3.78. The molecule has 1 saturated heterocycles. The van der Waals surface area contributed by atoms with Crippen LogP contribution in [0.2, 0.25) is 0 Å². The fourth-order valence-corrected chi connectivity index (χ4v) is 5.21. The maximum absolute atomic E-state index is 14.7. The highest BCUT2D eigenvalue weighted by Crippen LogP contribution is 2.39. The zero-order chi connectivity index (χ0) is 27.5. The summed E-state index contributed by atoms with van der Waals surface area (Å²) < 4.78 is 27.4. The van der Waals surface area contributed by atoms with Crippen molar-refractivity contribution in [2.24, 2.45) is 5.73 Å². The van der Waals surface area contributed by atoms with E-state index in [4.69, 9.17) is 20.2 Å². The molecule has 0 aliphatic carbocycles. The lowest BCUT2D eigenvalue weighted by molar-refractivity contribution is 0.102. The van der Waals surface area contributed by atoms with Gasteiger partial charge in [0.25, 0.3) is 5.91 Å². The number of ether oxygens (including phenoxy) is 2. The van der Waals surface area contributed by atoms with Crippen LogP contribution < -0.4 is 20.7 Å². The molecular weight excluding hydrogens is 501 g/mol. The van der Waals surface area contributed by atoms with Crippen LogP contribution in [0.25, 0.3) is 22.4 Å². The Balaban J connectivity index is 1.55. The normalized spacial score (nSPS) is 15.2. The number of carbonyl (C=O) groups is 1. The third-order valence-electron chi connectivity index (χ3n) is 7.10. The molecule has 3 heterocycles. The van der Waals surface area contributed by atoms with Crippen molar-refractivity contribution in [2.75, 3.05) is 44.1 Å². The van der Waals surface area contributed by atoms with Crippen molar-refractivity contribution >= 4 is 28.3 Å². The second-order valence-electron chi connectivity index (χ2n) is 9.39. The van der Waals surface area contributed by atoms with E-state index in [2.05, 4.69) is 24.8 Å². The molecule has 0 saturated carbocycles. The van der Waals surface area contributed by atoms with Crippen molar-refractivity contribution in [2.45, 2.75) is 32.4 Å². The van der Waals surface area contributed by atoms with Gasteiger partial charge in [-0.05, 0) is 50.1 Å². The van der Waals surface area contributed by atoms with Crippen molar-refractivity contribution in [1.82, 2.24) is 19.5 Å². The molecule has 3 N–H and O–H groups in total. The Bertz CT molecular complexity index is 1510. The summed E-state index contributed by atoms with van der Waals surface area (Å²) in [5.74, 6) is 0.203. The lowest BCUT2D eigenvalue weighted by Crippen LogP contribution is -2.36. The molecule has 1 fully saturated rings. The van der Waals surface area contributed by atoms with Gasteiger partial charge in [0.2, 0.25) is 0 Å². The Morgan fingerprint density at radius 2 is 2.05 bits per heavy atom. The average Bonchev–Trinajstić information content (AvgIpc) is 3.55. The lowest BCUT2D eigenvalue weighted by Gasteiger charge is -2.28. The van der Waals surface area contributed by atoms with E-state index in [1.165, 1.54) is 31.5 Å². The predicted molar refractivity (Wildman–Crippen MR) is 148 cm³/mol. The number of carbonyl (C=O) groups excluding carboxylic acids is 1. The van der Waals surface area contributed by atoms with Gasteiger partial charge in [-0.25, -0.2) is 19.3 Å². The molecule has 39 heavy (non-hydrogen) atoms. The monoisotopic (exact) mass is 533 g/mol. The number of methoxy groups -OCH3 is 2. The van der Waals surface area contributed by atoms with Crippen molar-refractivity contribution in [3.8, 4) is 17.1 Å². The first-order valence-corrected chi connectivity index (χ1v) is 12.9.